The predicted molar refractivity (Wildman–Crippen MR) is 134 cm³/mol. The molecule has 11 heteroatoms. The Morgan fingerprint density at radius 1 is 1.08 bits per heavy atom. The van der Waals surface area contributed by atoms with E-state index in [2.05, 4.69) is 15.7 Å². The number of nitrogens with one attached hydrogen (secondary N) is 2. The van der Waals surface area contributed by atoms with Gasteiger partial charge in [-0.2, -0.15) is 5.10 Å². The lowest BCUT2D eigenvalue weighted by atomic mass is 9.97. The minimum atomic E-state index is -2.66. The maximum absolute atomic E-state index is 15.1. The smallest absolute Gasteiger partial charge is 0.260 e. The third-order valence-electron chi connectivity index (χ3n) is 7.76. The van der Waals surface area contributed by atoms with Crippen molar-refractivity contribution >= 4 is 11.7 Å². The summed E-state index contributed by atoms with van der Waals surface area (Å²) < 4.78 is 55.3. The summed E-state index contributed by atoms with van der Waals surface area (Å²) in [6, 6.07) is 10.00. The second-order valence-corrected chi connectivity index (χ2v) is 9.96. The molecule has 6 rings (SSSR count). The van der Waals surface area contributed by atoms with Crippen molar-refractivity contribution in [3.63, 3.8) is 0 Å². The molecule has 3 aromatic rings. The Hall–Kier alpha value is -3.73. The van der Waals surface area contributed by atoms with Crippen LogP contribution in [0.3, 0.4) is 0 Å². The van der Waals surface area contributed by atoms with Gasteiger partial charge in [0.25, 0.3) is 12.3 Å². The highest BCUT2D eigenvalue weighted by molar-refractivity contribution is 5.95. The van der Waals surface area contributed by atoms with E-state index in [1.807, 2.05) is 6.07 Å². The Balaban J connectivity index is 1.28. The highest BCUT2D eigenvalue weighted by atomic mass is 19.3. The number of ether oxygens (including phenoxy) is 2. The number of alkyl halides is 2. The molecular weight excluding hydrogens is 499 g/mol. The van der Waals surface area contributed by atoms with E-state index in [9.17, 15) is 13.6 Å². The summed E-state index contributed by atoms with van der Waals surface area (Å²) in [5.74, 6) is 0.462. The van der Waals surface area contributed by atoms with E-state index in [-0.39, 0.29) is 30.0 Å². The number of hydrogen-bond donors (Lipinski definition) is 2. The van der Waals surface area contributed by atoms with Crippen molar-refractivity contribution in [2.75, 3.05) is 32.6 Å². The Labute approximate surface area is 217 Å². The summed E-state index contributed by atoms with van der Waals surface area (Å²) >= 11 is 0. The number of rotatable bonds is 6. The van der Waals surface area contributed by atoms with Gasteiger partial charge < -0.3 is 25.0 Å². The Kier molecular flexibility index (Phi) is 6.17. The molecule has 2 bridgehead atoms. The molecule has 0 radical (unpaired) electrons. The predicted octanol–water partition coefficient (Wildman–Crippen LogP) is 4.26. The van der Waals surface area contributed by atoms with E-state index in [0.717, 1.165) is 18.5 Å². The lowest BCUT2D eigenvalue weighted by Crippen LogP contribution is -2.46. The minimum absolute atomic E-state index is 0.00220. The van der Waals surface area contributed by atoms with Crippen LogP contribution in [0.25, 0.3) is 11.3 Å². The van der Waals surface area contributed by atoms with Crippen molar-refractivity contribution in [3.05, 3.63) is 59.4 Å². The molecule has 3 aliphatic rings. The average Bonchev–Trinajstić information content (AvgIpc) is 3.67. The van der Waals surface area contributed by atoms with E-state index in [1.54, 1.807) is 29.2 Å². The molecule has 0 spiro atoms. The minimum Gasteiger partial charge on any atom is -0.493 e. The second kappa shape index (κ2) is 9.54. The van der Waals surface area contributed by atoms with Crippen LogP contribution in [0.2, 0.25) is 0 Å². The number of piperazine rings is 1. The topological polar surface area (TPSA) is 80.7 Å². The molecule has 0 saturated carbocycles. The zero-order chi connectivity index (χ0) is 26.6. The van der Waals surface area contributed by atoms with E-state index in [1.165, 1.54) is 31.0 Å². The van der Waals surface area contributed by atoms with Gasteiger partial charge in [0.1, 0.15) is 17.7 Å². The van der Waals surface area contributed by atoms with Crippen LogP contribution in [0.1, 0.15) is 40.8 Å². The molecule has 8 nitrogen and oxygen atoms in total. The van der Waals surface area contributed by atoms with Crippen molar-refractivity contribution in [2.45, 2.75) is 43.4 Å². The first-order chi connectivity index (χ1) is 18.4. The van der Waals surface area contributed by atoms with E-state index < -0.39 is 24.3 Å². The van der Waals surface area contributed by atoms with Crippen LogP contribution < -0.4 is 20.1 Å². The van der Waals surface area contributed by atoms with Crippen LogP contribution in [0.4, 0.5) is 19.0 Å². The number of carbonyl (C=O) groups excluding carboxylic acids is 1. The second-order valence-electron chi connectivity index (χ2n) is 9.96. The van der Waals surface area contributed by atoms with Gasteiger partial charge in [-0.3, -0.25) is 4.79 Å². The SMILES string of the molecule is COc1ccc(C2CC(C(F)F)n3nc(-c4ccc(C(=O)N5C[C@@H]6C[C@H]5CN6)c(F)c4)cc3N2)cc1OC. The van der Waals surface area contributed by atoms with Gasteiger partial charge in [0, 0.05) is 36.8 Å². The number of likely N-dealkylation sites (tertiary alicyclic amines) is 1. The first-order valence-electron chi connectivity index (χ1n) is 12.6. The highest BCUT2D eigenvalue weighted by Gasteiger charge is 2.41. The summed E-state index contributed by atoms with van der Waals surface area (Å²) in [5, 5.41) is 11.0. The number of carbonyl (C=O) groups is 1. The van der Waals surface area contributed by atoms with Crippen molar-refractivity contribution in [2.24, 2.45) is 0 Å². The lowest BCUT2D eigenvalue weighted by molar-refractivity contribution is 0.0659. The largest absolute Gasteiger partial charge is 0.493 e. The average molecular weight is 528 g/mol. The van der Waals surface area contributed by atoms with Crippen molar-refractivity contribution in [1.29, 1.82) is 0 Å². The van der Waals surface area contributed by atoms with Crippen LogP contribution >= 0.6 is 0 Å². The molecule has 200 valence electrons. The van der Waals surface area contributed by atoms with Gasteiger partial charge in [-0.05, 0) is 42.7 Å². The van der Waals surface area contributed by atoms with Gasteiger partial charge in [0.15, 0.2) is 11.5 Å². The number of aromatic nitrogens is 2. The van der Waals surface area contributed by atoms with Crippen LogP contribution in [-0.2, 0) is 0 Å². The monoisotopic (exact) mass is 527 g/mol. The lowest BCUT2D eigenvalue weighted by Gasteiger charge is -2.32. The molecule has 2 fully saturated rings. The van der Waals surface area contributed by atoms with Crippen LogP contribution in [0, 0.1) is 5.82 Å². The van der Waals surface area contributed by atoms with Gasteiger partial charge in [-0.15, -0.1) is 0 Å². The molecule has 3 aliphatic heterocycles. The van der Waals surface area contributed by atoms with Crippen molar-refractivity contribution in [3.8, 4) is 22.8 Å². The fraction of sp³-hybridized carbons (Fsp3) is 0.407. The highest BCUT2D eigenvalue weighted by Crippen LogP contribution is 2.41. The summed E-state index contributed by atoms with van der Waals surface area (Å²) in [6.45, 7) is 1.29. The van der Waals surface area contributed by atoms with Crippen molar-refractivity contribution in [1.82, 2.24) is 20.0 Å². The van der Waals surface area contributed by atoms with Gasteiger partial charge in [-0.25, -0.2) is 17.9 Å². The molecular formula is C27H28F3N5O3. The summed E-state index contributed by atoms with van der Waals surface area (Å²) in [6.07, 6.45) is -1.68. The Morgan fingerprint density at radius 3 is 2.55 bits per heavy atom. The fourth-order valence-electron chi connectivity index (χ4n) is 5.79. The third-order valence-corrected chi connectivity index (χ3v) is 7.76. The number of methoxy groups -OCH3 is 2. The first-order valence-corrected chi connectivity index (χ1v) is 12.6. The number of fused-ring (bicyclic) bond motifs is 3. The molecule has 2 aromatic carbocycles. The van der Waals surface area contributed by atoms with Crippen LogP contribution in [-0.4, -0.2) is 66.4 Å². The number of nitrogens with zero attached hydrogens (tertiary/aromatic N) is 3. The molecule has 4 heterocycles. The zero-order valence-electron chi connectivity index (χ0n) is 21.0. The van der Waals surface area contributed by atoms with E-state index >= 15 is 4.39 Å². The van der Waals surface area contributed by atoms with Crippen LogP contribution in [0.15, 0.2) is 42.5 Å². The first kappa shape index (κ1) is 24.6. The summed E-state index contributed by atoms with van der Waals surface area (Å²) in [7, 11) is 3.05. The molecule has 38 heavy (non-hydrogen) atoms. The number of hydrogen-bond acceptors (Lipinski definition) is 6. The molecule has 2 N–H and O–H groups in total. The van der Waals surface area contributed by atoms with Gasteiger partial charge >= 0.3 is 0 Å². The van der Waals surface area contributed by atoms with Gasteiger partial charge in [0.05, 0.1) is 31.5 Å². The normalized spacial score (nSPS) is 23.9. The standard InChI is InChI=1S/C27H28F3N5O3/c1-37-23-6-4-15(8-24(23)38-2)20-10-22(26(29)30)35-25(32-20)11-21(33-35)14-3-5-18(19(28)7-14)27(36)34-13-16-9-17(34)12-31-16/h3-8,11,16-17,20,22,26,31-32H,9-10,12-13H2,1-2H3/t16-,17-,20?,22?/m0/s1. The number of anilines is 1. The number of benzene rings is 2. The molecule has 2 saturated heterocycles. The summed E-state index contributed by atoms with van der Waals surface area (Å²) in [4.78, 5) is 14.7. The zero-order valence-corrected chi connectivity index (χ0v) is 21.0. The van der Waals surface area contributed by atoms with Gasteiger partial charge in [0.2, 0.25) is 0 Å². The number of amides is 1. The number of halogens is 3. The third kappa shape index (κ3) is 4.14. The molecule has 1 aromatic heterocycles. The maximum atomic E-state index is 15.1. The Morgan fingerprint density at radius 2 is 1.89 bits per heavy atom. The fourth-order valence-corrected chi connectivity index (χ4v) is 5.79. The summed E-state index contributed by atoms with van der Waals surface area (Å²) in [5.41, 5.74) is 1.51. The van der Waals surface area contributed by atoms with E-state index in [4.69, 9.17) is 9.47 Å². The molecule has 0 aliphatic carbocycles. The Bertz CT molecular complexity index is 1380. The van der Waals surface area contributed by atoms with Crippen molar-refractivity contribution < 1.29 is 27.4 Å². The maximum Gasteiger partial charge on any atom is 0.260 e. The quantitative estimate of drug-likeness (QED) is 0.499. The molecule has 4 atom stereocenters. The van der Waals surface area contributed by atoms with E-state index in [0.29, 0.717) is 35.1 Å². The molecule has 1 amide bonds. The van der Waals surface area contributed by atoms with Gasteiger partial charge in [-0.1, -0.05) is 12.1 Å². The van der Waals surface area contributed by atoms with Crippen LogP contribution in [0.5, 0.6) is 11.5 Å². The molecule has 2 unspecified atom stereocenters.